The molecule has 0 atom stereocenters. The maximum absolute atomic E-state index is 13.6. The number of carbonyl (C=O) groups is 1. The topological polar surface area (TPSA) is 109 Å². The number of pyridine rings is 1. The second-order valence-corrected chi connectivity index (χ2v) is 11.1. The molecule has 3 aromatic heterocycles. The van der Waals surface area contributed by atoms with Gasteiger partial charge in [0.2, 0.25) is 0 Å². The van der Waals surface area contributed by atoms with Gasteiger partial charge in [0.25, 0.3) is 5.91 Å². The Morgan fingerprint density at radius 3 is 2.46 bits per heavy atom. The summed E-state index contributed by atoms with van der Waals surface area (Å²) in [6.45, 7) is 2.51. The highest BCUT2D eigenvalue weighted by Crippen LogP contribution is 2.45. The number of rotatable bonds is 8. The van der Waals surface area contributed by atoms with Crippen LogP contribution in [0.15, 0.2) is 72.8 Å². The number of anilines is 2. The van der Waals surface area contributed by atoms with E-state index in [4.69, 9.17) is 24.9 Å². The summed E-state index contributed by atoms with van der Waals surface area (Å²) in [7, 11) is 3.23. The Bertz CT molecular complexity index is 1900. The Kier molecular flexibility index (Phi) is 7.17. The van der Waals surface area contributed by atoms with E-state index in [1.54, 1.807) is 14.2 Å². The summed E-state index contributed by atoms with van der Waals surface area (Å²) in [5.74, 6) is 1.73. The predicted molar refractivity (Wildman–Crippen MR) is 167 cm³/mol. The SMILES string of the molecule is CCOc1ccc2nc(NC(=O)c3sc4nc(-c5ccccc5)cc(-c5cc(OC)ccc5OC)c4c3N)sc2c1. The fraction of sp³-hybridized carbons (Fsp3) is 0.129. The van der Waals surface area contributed by atoms with Gasteiger partial charge in [-0.3, -0.25) is 10.1 Å². The molecule has 0 saturated carbocycles. The normalized spacial score (nSPS) is 11.1. The second-order valence-electron chi connectivity index (χ2n) is 9.05. The second kappa shape index (κ2) is 11.1. The summed E-state index contributed by atoms with van der Waals surface area (Å²) in [6, 6.07) is 23.1. The van der Waals surface area contributed by atoms with Gasteiger partial charge < -0.3 is 19.9 Å². The minimum Gasteiger partial charge on any atom is -0.497 e. The molecule has 8 nitrogen and oxygen atoms in total. The first-order valence-electron chi connectivity index (χ1n) is 12.8. The summed E-state index contributed by atoms with van der Waals surface area (Å²) in [5.41, 5.74) is 11.1. The number of nitrogen functional groups attached to an aromatic ring is 1. The van der Waals surface area contributed by atoms with Crippen LogP contribution < -0.4 is 25.3 Å². The number of aromatic nitrogens is 2. The molecule has 3 heterocycles. The van der Waals surface area contributed by atoms with Crippen molar-refractivity contribution >= 4 is 59.8 Å². The number of nitrogens with two attached hydrogens (primary N) is 1. The van der Waals surface area contributed by atoms with Crippen LogP contribution in [0.5, 0.6) is 17.2 Å². The zero-order chi connectivity index (χ0) is 28.5. The molecule has 0 saturated heterocycles. The van der Waals surface area contributed by atoms with Crippen molar-refractivity contribution in [3.05, 3.63) is 77.7 Å². The predicted octanol–water partition coefficient (Wildman–Crippen LogP) is 7.49. The molecule has 0 bridgehead atoms. The van der Waals surface area contributed by atoms with Gasteiger partial charge in [-0.25, -0.2) is 9.97 Å². The number of hydrogen-bond donors (Lipinski definition) is 2. The highest BCUT2D eigenvalue weighted by atomic mass is 32.1. The summed E-state index contributed by atoms with van der Waals surface area (Å²) >= 11 is 2.62. The molecule has 10 heteroatoms. The Morgan fingerprint density at radius 1 is 0.902 bits per heavy atom. The molecule has 0 unspecified atom stereocenters. The number of amides is 1. The Labute approximate surface area is 244 Å². The minimum absolute atomic E-state index is 0.342. The van der Waals surface area contributed by atoms with Gasteiger partial charge in [0.05, 0.1) is 42.4 Å². The summed E-state index contributed by atoms with van der Waals surface area (Å²) in [4.78, 5) is 24.1. The molecule has 0 spiro atoms. The van der Waals surface area contributed by atoms with Crippen molar-refractivity contribution in [3.8, 4) is 39.6 Å². The Balaban J connectivity index is 1.47. The number of benzene rings is 3. The van der Waals surface area contributed by atoms with E-state index in [0.29, 0.717) is 44.0 Å². The first-order valence-corrected chi connectivity index (χ1v) is 14.5. The van der Waals surface area contributed by atoms with Gasteiger partial charge in [0.15, 0.2) is 5.13 Å². The summed E-state index contributed by atoms with van der Waals surface area (Å²) in [6.07, 6.45) is 0. The largest absolute Gasteiger partial charge is 0.497 e. The first kappa shape index (κ1) is 26.5. The van der Waals surface area contributed by atoms with Gasteiger partial charge in [-0.05, 0) is 49.4 Å². The van der Waals surface area contributed by atoms with Gasteiger partial charge in [0, 0.05) is 22.1 Å². The Hall–Kier alpha value is -4.67. The average Bonchev–Trinajstić information content (AvgIpc) is 3.56. The number of nitrogens with one attached hydrogen (secondary N) is 1. The van der Waals surface area contributed by atoms with Gasteiger partial charge in [-0.15, -0.1) is 11.3 Å². The van der Waals surface area contributed by atoms with E-state index >= 15 is 0 Å². The lowest BCUT2D eigenvalue weighted by Crippen LogP contribution is -2.11. The number of ether oxygens (including phenoxy) is 3. The van der Waals surface area contributed by atoms with Crippen LogP contribution in [0.25, 0.3) is 42.8 Å². The number of hydrogen-bond acceptors (Lipinski definition) is 9. The van der Waals surface area contributed by atoms with Crippen LogP contribution in [0.4, 0.5) is 10.8 Å². The van der Waals surface area contributed by atoms with E-state index < -0.39 is 0 Å². The molecule has 0 aliphatic heterocycles. The molecule has 0 fully saturated rings. The van der Waals surface area contributed by atoms with Crippen molar-refractivity contribution in [2.24, 2.45) is 0 Å². The molecule has 0 radical (unpaired) electrons. The number of thiazole rings is 1. The molecule has 1 amide bonds. The van der Waals surface area contributed by atoms with Crippen LogP contribution in [0, 0.1) is 0 Å². The third-order valence-electron chi connectivity index (χ3n) is 6.56. The zero-order valence-electron chi connectivity index (χ0n) is 22.6. The van der Waals surface area contributed by atoms with E-state index in [1.165, 1.54) is 22.7 Å². The van der Waals surface area contributed by atoms with Gasteiger partial charge in [-0.1, -0.05) is 41.7 Å². The molecule has 6 aromatic rings. The zero-order valence-corrected chi connectivity index (χ0v) is 24.2. The fourth-order valence-electron chi connectivity index (χ4n) is 4.65. The molecule has 3 aromatic carbocycles. The maximum atomic E-state index is 13.6. The molecular formula is C31H26N4O4S2. The highest BCUT2D eigenvalue weighted by molar-refractivity contribution is 7.23. The van der Waals surface area contributed by atoms with Crippen molar-refractivity contribution in [3.63, 3.8) is 0 Å². The molecule has 206 valence electrons. The van der Waals surface area contributed by atoms with Crippen LogP contribution in [0.2, 0.25) is 0 Å². The lowest BCUT2D eigenvalue weighted by Gasteiger charge is -2.13. The molecular weight excluding hydrogens is 556 g/mol. The average molecular weight is 583 g/mol. The molecule has 3 N–H and O–H groups in total. The lowest BCUT2D eigenvalue weighted by molar-refractivity contribution is 0.103. The van der Waals surface area contributed by atoms with Crippen LogP contribution >= 0.6 is 22.7 Å². The van der Waals surface area contributed by atoms with Crippen LogP contribution in [0.1, 0.15) is 16.6 Å². The fourth-order valence-corrected chi connectivity index (χ4v) is 6.56. The minimum atomic E-state index is -0.348. The number of carbonyl (C=O) groups excluding carboxylic acids is 1. The van der Waals surface area contributed by atoms with Crippen molar-refractivity contribution in [1.82, 2.24) is 9.97 Å². The lowest BCUT2D eigenvalue weighted by atomic mass is 9.98. The van der Waals surface area contributed by atoms with Crippen molar-refractivity contribution in [1.29, 1.82) is 0 Å². The van der Waals surface area contributed by atoms with Crippen molar-refractivity contribution in [2.75, 3.05) is 31.9 Å². The van der Waals surface area contributed by atoms with E-state index in [2.05, 4.69) is 10.3 Å². The summed E-state index contributed by atoms with van der Waals surface area (Å²) < 4.78 is 17.7. The Morgan fingerprint density at radius 2 is 1.71 bits per heavy atom. The monoisotopic (exact) mass is 582 g/mol. The molecule has 0 aliphatic rings. The highest BCUT2D eigenvalue weighted by Gasteiger charge is 2.24. The number of fused-ring (bicyclic) bond motifs is 2. The van der Waals surface area contributed by atoms with E-state index in [9.17, 15) is 4.79 Å². The first-order chi connectivity index (χ1) is 20.0. The number of thiophene rings is 1. The number of nitrogens with zero attached hydrogens (tertiary/aromatic N) is 2. The standard InChI is InChI=1S/C31H26N4O4S2/c1-4-39-19-10-12-22-25(15-19)40-31(34-22)35-29(36)28-27(32)26-21(20-14-18(37-2)11-13-24(20)38-3)16-23(33-30(26)41-28)17-8-6-5-7-9-17/h5-16H,4,32H2,1-3H3,(H,34,35,36). The van der Waals surface area contributed by atoms with E-state index in [-0.39, 0.29) is 5.91 Å². The third-order valence-corrected chi connectivity index (χ3v) is 8.59. The van der Waals surface area contributed by atoms with Gasteiger partial charge in [0.1, 0.15) is 27.0 Å². The maximum Gasteiger partial charge on any atom is 0.269 e. The van der Waals surface area contributed by atoms with E-state index in [1.807, 2.05) is 79.7 Å². The van der Waals surface area contributed by atoms with Crippen LogP contribution in [-0.4, -0.2) is 36.7 Å². The molecule has 6 rings (SSSR count). The third kappa shape index (κ3) is 5.03. The van der Waals surface area contributed by atoms with Crippen molar-refractivity contribution in [2.45, 2.75) is 6.92 Å². The molecule has 0 aliphatic carbocycles. The van der Waals surface area contributed by atoms with Crippen LogP contribution in [0.3, 0.4) is 0 Å². The quantitative estimate of drug-likeness (QED) is 0.191. The van der Waals surface area contributed by atoms with E-state index in [0.717, 1.165) is 38.4 Å². The smallest absolute Gasteiger partial charge is 0.269 e. The van der Waals surface area contributed by atoms with Gasteiger partial charge in [-0.2, -0.15) is 0 Å². The molecule has 41 heavy (non-hydrogen) atoms. The number of methoxy groups -OCH3 is 2. The van der Waals surface area contributed by atoms with Crippen LogP contribution in [-0.2, 0) is 0 Å². The summed E-state index contributed by atoms with van der Waals surface area (Å²) in [5, 5.41) is 4.09. The van der Waals surface area contributed by atoms with Gasteiger partial charge >= 0.3 is 0 Å². The van der Waals surface area contributed by atoms with Crippen molar-refractivity contribution < 1.29 is 19.0 Å².